The van der Waals surface area contributed by atoms with Gasteiger partial charge in [-0.1, -0.05) is 121 Å². The maximum absolute atomic E-state index is 4.64. The van der Waals surface area contributed by atoms with Gasteiger partial charge in [0.15, 0.2) is 0 Å². The van der Waals surface area contributed by atoms with Crippen LogP contribution in [0.1, 0.15) is 34.1 Å². The van der Waals surface area contributed by atoms with Crippen LogP contribution >= 0.6 is 0 Å². The predicted octanol–water partition coefficient (Wildman–Crippen LogP) is 8.72. The van der Waals surface area contributed by atoms with Crippen LogP contribution in [0.15, 0.2) is 156 Å². The normalized spacial score (nSPS) is 15.8. The first kappa shape index (κ1) is 23.2. The maximum atomic E-state index is 4.64. The summed E-state index contributed by atoms with van der Waals surface area (Å²) in [4.78, 5) is 9.27. The van der Waals surface area contributed by atoms with Gasteiger partial charge in [-0.05, 0) is 46.5 Å². The highest BCUT2D eigenvalue weighted by atomic mass is 14.7. The van der Waals surface area contributed by atoms with Crippen LogP contribution in [0.2, 0.25) is 0 Å². The molecule has 0 N–H and O–H groups in total. The Hall–Kier alpha value is -4.56. The third-order valence-electron chi connectivity index (χ3n) is 6.16. The van der Waals surface area contributed by atoms with E-state index < -0.39 is 0 Å². The Balaban J connectivity index is 1.18. The van der Waals surface area contributed by atoms with Gasteiger partial charge in [-0.3, -0.25) is 9.98 Å². The molecular formula is C34H28N2. The molecule has 0 spiro atoms. The van der Waals surface area contributed by atoms with Crippen molar-refractivity contribution in [2.24, 2.45) is 9.98 Å². The van der Waals surface area contributed by atoms with Crippen molar-refractivity contribution in [2.45, 2.75) is 11.8 Å². The summed E-state index contributed by atoms with van der Waals surface area (Å²) < 4.78 is 0. The smallest absolute Gasteiger partial charge is 0.0630 e. The number of benzene rings is 3. The van der Waals surface area contributed by atoms with E-state index in [-0.39, 0.29) is 0 Å². The van der Waals surface area contributed by atoms with Crippen molar-refractivity contribution in [3.05, 3.63) is 168 Å². The number of aliphatic imine (C=N–C) groups is 2. The first-order valence-electron chi connectivity index (χ1n) is 12.2. The van der Waals surface area contributed by atoms with Crippen LogP contribution in [0.25, 0.3) is 0 Å². The molecule has 2 nitrogen and oxygen atoms in total. The number of hydrogen-bond donors (Lipinski definition) is 0. The average Bonchev–Trinajstić information content (AvgIpc) is 3.38. The van der Waals surface area contributed by atoms with Crippen molar-refractivity contribution in [3.63, 3.8) is 0 Å². The lowest BCUT2D eigenvalue weighted by Crippen LogP contribution is -1.90. The predicted molar refractivity (Wildman–Crippen MR) is 154 cm³/mol. The molecule has 5 rings (SSSR count). The Bertz CT molecular complexity index is 1250. The molecule has 3 aromatic rings. The first-order chi connectivity index (χ1) is 17.8. The summed E-state index contributed by atoms with van der Waals surface area (Å²) in [5, 5.41) is 0. The molecule has 2 heteroatoms. The Labute approximate surface area is 213 Å². The molecule has 0 radical (unpaired) electrons. The quantitative estimate of drug-likeness (QED) is 0.326. The molecule has 174 valence electrons. The molecule has 0 aromatic heterocycles. The van der Waals surface area contributed by atoms with Crippen molar-refractivity contribution < 1.29 is 0 Å². The molecule has 0 fully saturated rings. The zero-order chi connectivity index (χ0) is 24.4. The fourth-order valence-corrected chi connectivity index (χ4v) is 4.10. The summed E-state index contributed by atoms with van der Waals surface area (Å²) in [6.07, 6.45) is 29.2. The van der Waals surface area contributed by atoms with Gasteiger partial charge < -0.3 is 0 Å². The molecule has 2 aliphatic carbocycles. The summed E-state index contributed by atoms with van der Waals surface area (Å²) in [5.41, 5.74) is 6.52. The van der Waals surface area contributed by atoms with Gasteiger partial charge in [0, 0.05) is 24.3 Å². The molecule has 0 saturated carbocycles. The number of allylic oxidation sites excluding steroid dienone is 12. The zero-order valence-corrected chi connectivity index (χ0v) is 20.1. The van der Waals surface area contributed by atoms with Gasteiger partial charge in [0.1, 0.15) is 0 Å². The number of rotatable bonds is 6. The minimum absolute atomic E-state index is 0.304. The summed E-state index contributed by atoms with van der Waals surface area (Å²) in [6, 6.07) is 25.1. The molecule has 3 aromatic carbocycles. The van der Waals surface area contributed by atoms with E-state index in [1.54, 1.807) is 0 Å². The van der Waals surface area contributed by atoms with E-state index in [0.717, 1.165) is 22.5 Å². The van der Waals surface area contributed by atoms with E-state index in [1.165, 1.54) is 11.1 Å². The summed E-state index contributed by atoms with van der Waals surface area (Å²) >= 11 is 0. The van der Waals surface area contributed by atoms with E-state index in [2.05, 4.69) is 156 Å². The van der Waals surface area contributed by atoms with Crippen LogP contribution in [0.3, 0.4) is 0 Å². The molecule has 0 amide bonds. The highest BCUT2D eigenvalue weighted by Gasteiger charge is 2.05. The van der Waals surface area contributed by atoms with Crippen molar-refractivity contribution in [1.82, 2.24) is 0 Å². The molecule has 0 unspecified atom stereocenters. The monoisotopic (exact) mass is 464 g/mol. The lowest BCUT2D eigenvalue weighted by Gasteiger charge is -2.07. The number of nitrogens with zero attached hydrogens (tertiary/aromatic N) is 2. The van der Waals surface area contributed by atoms with Crippen molar-refractivity contribution >= 4 is 23.8 Å². The Morgan fingerprint density at radius 1 is 0.389 bits per heavy atom. The second kappa shape index (κ2) is 11.7. The second-order valence-electron chi connectivity index (χ2n) is 8.73. The molecule has 2 aliphatic rings. The van der Waals surface area contributed by atoms with Gasteiger partial charge in [0.25, 0.3) is 0 Å². The lowest BCUT2D eigenvalue weighted by atomic mass is 9.98. The largest absolute Gasteiger partial charge is 0.256 e. The molecule has 0 atom stereocenters. The Morgan fingerprint density at radius 3 is 1.06 bits per heavy atom. The fourth-order valence-electron chi connectivity index (χ4n) is 4.10. The van der Waals surface area contributed by atoms with Crippen molar-refractivity contribution in [3.8, 4) is 0 Å². The topological polar surface area (TPSA) is 24.7 Å². The van der Waals surface area contributed by atoms with Crippen LogP contribution in [-0.2, 0) is 0 Å². The highest BCUT2D eigenvalue weighted by molar-refractivity contribution is 5.86. The second-order valence-corrected chi connectivity index (χ2v) is 8.73. The van der Waals surface area contributed by atoms with Crippen LogP contribution in [0.5, 0.6) is 0 Å². The molecular weight excluding hydrogens is 436 g/mol. The van der Waals surface area contributed by atoms with Gasteiger partial charge in [-0.25, -0.2) is 0 Å². The van der Waals surface area contributed by atoms with Crippen LogP contribution in [0.4, 0.5) is 11.4 Å². The highest BCUT2D eigenvalue weighted by Crippen LogP contribution is 2.25. The van der Waals surface area contributed by atoms with Crippen molar-refractivity contribution in [2.75, 3.05) is 0 Å². The SMILES string of the molecule is C1=CC=CC(c2ccc(N=Cc3ccc(C=Nc4ccc(C5C=CC=CC=C5)cc4)cc3)cc2)C=C1. The Morgan fingerprint density at radius 2 is 0.722 bits per heavy atom. The molecule has 0 aliphatic heterocycles. The van der Waals surface area contributed by atoms with Gasteiger partial charge in [-0.2, -0.15) is 0 Å². The zero-order valence-electron chi connectivity index (χ0n) is 20.1. The average molecular weight is 465 g/mol. The summed E-state index contributed by atoms with van der Waals surface area (Å²) in [6.45, 7) is 0. The van der Waals surface area contributed by atoms with Gasteiger partial charge in [0.2, 0.25) is 0 Å². The van der Waals surface area contributed by atoms with Gasteiger partial charge in [-0.15, -0.1) is 0 Å². The van der Waals surface area contributed by atoms with E-state index in [4.69, 9.17) is 0 Å². The van der Waals surface area contributed by atoms with Crippen LogP contribution in [-0.4, -0.2) is 12.4 Å². The van der Waals surface area contributed by atoms with Crippen LogP contribution in [0, 0.1) is 0 Å². The van der Waals surface area contributed by atoms with Gasteiger partial charge in [0.05, 0.1) is 11.4 Å². The number of hydrogen-bond acceptors (Lipinski definition) is 2. The minimum Gasteiger partial charge on any atom is -0.256 e. The standard InChI is InChI=1S/C34H28N2/c1-2-6-10-29(9-5-1)31-17-21-33(22-18-31)35-25-27-13-15-28(16-14-27)26-36-34-23-19-32(20-24-34)30-11-7-3-4-8-12-30/h1-26,29-30H. The molecule has 0 heterocycles. The third-order valence-corrected chi connectivity index (χ3v) is 6.16. The molecule has 0 saturated heterocycles. The van der Waals surface area contributed by atoms with E-state index in [1.807, 2.05) is 12.4 Å². The van der Waals surface area contributed by atoms with Crippen molar-refractivity contribution in [1.29, 1.82) is 0 Å². The van der Waals surface area contributed by atoms with E-state index in [0.29, 0.717) is 11.8 Å². The summed E-state index contributed by atoms with van der Waals surface area (Å²) in [5.74, 6) is 0.608. The maximum Gasteiger partial charge on any atom is 0.0630 e. The van der Waals surface area contributed by atoms with E-state index in [9.17, 15) is 0 Å². The van der Waals surface area contributed by atoms with Gasteiger partial charge >= 0.3 is 0 Å². The molecule has 0 bridgehead atoms. The van der Waals surface area contributed by atoms with E-state index >= 15 is 0 Å². The third kappa shape index (κ3) is 6.31. The first-order valence-corrected chi connectivity index (χ1v) is 12.2. The fraction of sp³-hybridized carbons (Fsp3) is 0.0588. The Kier molecular flexibility index (Phi) is 7.55. The summed E-state index contributed by atoms with van der Waals surface area (Å²) in [7, 11) is 0. The lowest BCUT2D eigenvalue weighted by molar-refractivity contribution is 1.09. The minimum atomic E-state index is 0.304. The molecule has 36 heavy (non-hydrogen) atoms. The van der Waals surface area contributed by atoms with Crippen LogP contribution < -0.4 is 0 Å².